The zero-order valence-electron chi connectivity index (χ0n) is 11.3. The maximum atomic E-state index is 10.6. The van der Waals surface area contributed by atoms with Crippen molar-refractivity contribution in [2.45, 2.75) is 38.9 Å². The van der Waals surface area contributed by atoms with Crippen LogP contribution >= 0.6 is 0 Å². The first-order chi connectivity index (χ1) is 8.49. The Labute approximate surface area is 108 Å². The SMILES string of the molecule is CCO[C@H]1C[C@](O)(CNc2ccccn2)C1(C)C. The van der Waals surface area contributed by atoms with E-state index < -0.39 is 5.60 Å². The molecule has 1 fully saturated rings. The number of rotatable bonds is 5. The van der Waals surface area contributed by atoms with Crippen LogP contribution in [0.1, 0.15) is 27.2 Å². The summed E-state index contributed by atoms with van der Waals surface area (Å²) in [6, 6.07) is 5.70. The Morgan fingerprint density at radius 2 is 2.28 bits per heavy atom. The molecular weight excluding hydrogens is 228 g/mol. The van der Waals surface area contributed by atoms with Crippen molar-refractivity contribution in [1.29, 1.82) is 0 Å². The molecule has 0 aliphatic heterocycles. The second-order valence-electron chi connectivity index (χ2n) is 5.47. The second-order valence-corrected chi connectivity index (χ2v) is 5.47. The Kier molecular flexibility index (Phi) is 3.59. The summed E-state index contributed by atoms with van der Waals surface area (Å²) in [5, 5.41) is 13.8. The van der Waals surface area contributed by atoms with E-state index in [0.717, 1.165) is 5.82 Å². The van der Waals surface area contributed by atoms with E-state index in [2.05, 4.69) is 24.1 Å². The molecule has 1 aromatic rings. The number of hydrogen-bond donors (Lipinski definition) is 2. The zero-order chi connectivity index (χ0) is 13.2. The van der Waals surface area contributed by atoms with E-state index in [0.29, 0.717) is 19.6 Å². The van der Waals surface area contributed by atoms with Crippen molar-refractivity contribution >= 4 is 5.82 Å². The lowest BCUT2D eigenvalue weighted by Gasteiger charge is -2.58. The molecule has 4 nitrogen and oxygen atoms in total. The lowest BCUT2D eigenvalue weighted by Crippen LogP contribution is -2.67. The van der Waals surface area contributed by atoms with Gasteiger partial charge in [-0.1, -0.05) is 19.9 Å². The van der Waals surface area contributed by atoms with Crippen LogP contribution in [0.5, 0.6) is 0 Å². The fourth-order valence-electron chi connectivity index (χ4n) is 2.47. The highest BCUT2D eigenvalue weighted by atomic mass is 16.5. The van der Waals surface area contributed by atoms with Gasteiger partial charge in [-0.05, 0) is 19.1 Å². The van der Waals surface area contributed by atoms with Crippen LogP contribution in [-0.2, 0) is 4.74 Å². The molecule has 0 aromatic carbocycles. The molecule has 18 heavy (non-hydrogen) atoms. The van der Waals surface area contributed by atoms with E-state index in [9.17, 15) is 5.11 Å². The molecule has 1 aliphatic rings. The van der Waals surface area contributed by atoms with Crippen LogP contribution in [-0.4, -0.2) is 34.9 Å². The molecule has 1 aromatic heterocycles. The van der Waals surface area contributed by atoms with Crippen molar-refractivity contribution in [3.05, 3.63) is 24.4 Å². The molecule has 0 bridgehead atoms. The largest absolute Gasteiger partial charge is 0.387 e. The molecule has 1 saturated carbocycles. The smallest absolute Gasteiger partial charge is 0.125 e. The molecule has 0 amide bonds. The average molecular weight is 250 g/mol. The number of pyridine rings is 1. The monoisotopic (exact) mass is 250 g/mol. The van der Waals surface area contributed by atoms with Crippen molar-refractivity contribution < 1.29 is 9.84 Å². The Morgan fingerprint density at radius 3 is 2.83 bits per heavy atom. The lowest BCUT2D eigenvalue weighted by molar-refractivity contribution is -0.233. The van der Waals surface area contributed by atoms with E-state index in [1.165, 1.54) is 0 Å². The normalized spacial score (nSPS) is 29.7. The fourth-order valence-corrected chi connectivity index (χ4v) is 2.47. The van der Waals surface area contributed by atoms with Gasteiger partial charge in [0.25, 0.3) is 0 Å². The van der Waals surface area contributed by atoms with E-state index in [4.69, 9.17) is 4.74 Å². The van der Waals surface area contributed by atoms with Gasteiger partial charge in [0.15, 0.2) is 0 Å². The van der Waals surface area contributed by atoms with Crippen molar-refractivity contribution in [2.75, 3.05) is 18.5 Å². The first-order valence-electron chi connectivity index (χ1n) is 6.48. The summed E-state index contributed by atoms with van der Waals surface area (Å²) >= 11 is 0. The van der Waals surface area contributed by atoms with Gasteiger partial charge < -0.3 is 15.2 Å². The predicted octanol–water partition coefficient (Wildman–Crippen LogP) is 2.06. The van der Waals surface area contributed by atoms with Gasteiger partial charge in [0.2, 0.25) is 0 Å². The third-order valence-corrected chi connectivity index (χ3v) is 4.12. The van der Waals surface area contributed by atoms with E-state index >= 15 is 0 Å². The molecule has 0 spiro atoms. The minimum atomic E-state index is -0.732. The van der Waals surface area contributed by atoms with Gasteiger partial charge in [-0.2, -0.15) is 0 Å². The molecule has 0 unspecified atom stereocenters. The summed E-state index contributed by atoms with van der Waals surface area (Å²) in [6.07, 6.45) is 2.55. The molecular formula is C14H22N2O2. The standard InChI is InChI=1S/C14H22N2O2/c1-4-18-11-9-14(17,13(11,2)3)10-16-12-7-5-6-8-15-12/h5-8,11,17H,4,9-10H2,1-3H3,(H,15,16)/t11-,14-/m0/s1. The minimum Gasteiger partial charge on any atom is -0.387 e. The van der Waals surface area contributed by atoms with Gasteiger partial charge in [0.05, 0.1) is 11.7 Å². The van der Waals surface area contributed by atoms with E-state index in [1.54, 1.807) is 6.20 Å². The lowest BCUT2D eigenvalue weighted by atomic mass is 9.56. The summed E-state index contributed by atoms with van der Waals surface area (Å²) in [6.45, 7) is 7.28. The number of aromatic nitrogens is 1. The van der Waals surface area contributed by atoms with Gasteiger partial charge in [0.1, 0.15) is 5.82 Å². The van der Waals surface area contributed by atoms with Crippen molar-refractivity contribution in [1.82, 2.24) is 4.98 Å². The van der Waals surface area contributed by atoms with Gasteiger partial charge in [-0.15, -0.1) is 0 Å². The molecule has 2 rings (SSSR count). The molecule has 2 N–H and O–H groups in total. The Bertz CT molecular complexity index is 394. The molecule has 4 heteroatoms. The summed E-state index contributed by atoms with van der Waals surface area (Å²) in [5.74, 6) is 0.793. The highest BCUT2D eigenvalue weighted by Crippen LogP contribution is 2.51. The number of nitrogens with zero attached hydrogens (tertiary/aromatic N) is 1. The van der Waals surface area contributed by atoms with Crippen LogP contribution in [0.3, 0.4) is 0 Å². The van der Waals surface area contributed by atoms with Gasteiger partial charge in [0, 0.05) is 31.2 Å². The van der Waals surface area contributed by atoms with Crippen LogP contribution in [0.4, 0.5) is 5.82 Å². The number of hydrogen-bond acceptors (Lipinski definition) is 4. The summed E-state index contributed by atoms with van der Waals surface area (Å²) in [5.41, 5.74) is -0.963. The number of anilines is 1. The second kappa shape index (κ2) is 4.86. The van der Waals surface area contributed by atoms with E-state index in [1.807, 2.05) is 25.1 Å². The molecule has 1 heterocycles. The van der Waals surface area contributed by atoms with Crippen molar-refractivity contribution in [3.63, 3.8) is 0 Å². The van der Waals surface area contributed by atoms with Crippen LogP contribution in [0.25, 0.3) is 0 Å². The molecule has 2 atom stereocenters. The Balaban J connectivity index is 1.94. The van der Waals surface area contributed by atoms with Gasteiger partial charge in [-0.3, -0.25) is 0 Å². The number of aliphatic hydroxyl groups is 1. The first-order valence-corrected chi connectivity index (χ1v) is 6.48. The summed E-state index contributed by atoms with van der Waals surface area (Å²) in [7, 11) is 0. The Hall–Kier alpha value is -1.13. The molecule has 100 valence electrons. The third-order valence-electron chi connectivity index (χ3n) is 4.12. The molecule has 0 radical (unpaired) electrons. The molecule has 0 saturated heterocycles. The fraction of sp³-hybridized carbons (Fsp3) is 0.643. The zero-order valence-corrected chi connectivity index (χ0v) is 11.3. The number of nitrogens with one attached hydrogen (secondary N) is 1. The van der Waals surface area contributed by atoms with Crippen LogP contribution in [0.2, 0.25) is 0 Å². The Morgan fingerprint density at radius 1 is 1.50 bits per heavy atom. The topological polar surface area (TPSA) is 54.4 Å². The van der Waals surface area contributed by atoms with Crippen LogP contribution < -0.4 is 5.32 Å². The summed E-state index contributed by atoms with van der Waals surface area (Å²) < 4.78 is 5.64. The van der Waals surface area contributed by atoms with Crippen LogP contribution in [0.15, 0.2) is 24.4 Å². The quantitative estimate of drug-likeness (QED) is 0.840. The number of ether oxygens (including phenoxy) is 1. The first kappa shape index (κ1) is 13.3. The third kappa shape index (κ3) is 2.22. The summed E-state index contributed by atoms with van der Waals surface area (Å²) in [4.78, 5) is 4.19. The van der Waals surface area contributed by atoms with E-state index in [-0.39, 0.29) is 11.5 Å². The van der Waals surface area contributed by atoms with Gasteiger partial charge >= 0.3 is 0 Å². The minimum absolute atomic E-state index is 0.137. The van der Waals surface area contributed by atoms with Crippen molar-refractivity contribution in [2.24, 2.45) is 5.41 Å². The maximum absolute atomic E-state index is 10.6. The average Bonchev–Trinajstić information content (AvgIpc) is 2.37. The van der Waals surface area contributed by atoms with Gasteiger partial charge in [-0.25, -0.2) is 4.98 Å². The van der Waals surface area contributed by atoms with Crippen LogP contribution in [0, 0.1) is 5.41 Å². The highest BCUT2D eigenvalue weighted by Gasteiger charge is 2.59. The molecule has 1 aliphatic carbocycles. The highest BCUT2D eigenvalue weighted by molar-refractivity contribution is 5.34. The maximum Gasteiger partial charge on any atom is 0.125 e. The predicted molar refractivity (Wildman–Crippen MR) is 71.5 cm³/mol. The van der Waals surface area contributed by atoms with Crippen molar-refractivity contribution in [3.8, 4) is 0 Å².